The molecule has 0 aliphatic rings. The molecule has 23 heavy (non-hydrogen) atoms. The summed E-state index contributed by atoms with van der Waals surface area (Å²) in [5, 5.41) is 5.50. The van der Waals surface area contributed by atoms with Crippen molar-refractivity contribution >= 4 is 10.9 Å². The summed E-state index contributed by atoms with van der Waals surface area (Å²) in [6.45, 7) is 2.21. The second-order valence-electron chi connectivity index (χ2n) is 5.83. The van der Waals surface area contributed by atoms with Crippen LogP contribution >= 0.6 is 0 Å². The molecule has 0 unspecified atom stereocenters. The molecule has 0 bridgehead atoms. The zero-order valence-corrected chi connectivity index (χ0v) is 13.3. The molecule has 3 heterocycles. The molecule has 0 fully saturated rings. The largest absolute Gasteiger partial charge is 0.361 e. The molecular weight excluding hydrogens is 286 g/mol. The van der Waals surface area contributed by atoms with Crippen LogP contribution in [0.25, 0.3) is 27.8 Å². The Labute approximate surface area is 134 Å². The van der Waals surface area contributed by atoms with E-state index in [-0.39, 0.29) is 0 Å². The number of imidazole rings is 1. The minimum absolute atomic E-state index is 0.933. The number of aromatic amines is 1. The SMILES string of the molecule is CCCc1c[nH]c2cccc(-n3cnc(-c4cnn(C)c4)c3)c12. The van der Waals surface area contributed by atoms with Gasteiger partial charge in [0.1, 0.15) is 0 Å². The van der Waals surface area contributed by atoms with Gasteiger partial charge in [-0.3, -0.25) is 4.68 Å². The summed E-state index contributed by atoms with van der Waals surface area (Å²) in [6, 6.07) is 6.34. The lowest BCUT2D eigenvalue weighted by atomic mass is 10.1. The fourth-order valence-corrected chi connectivity index (χ4v) is 3.07. The average Bonchev–Trinajstić information content (AvgIpc) is 3.27. The summed E-state index contributed by atoms with van der Waals surface area (Å²) in [7, 11) is 1.91. The number of benzene rings is 1. The molecule has 5 heteroatoms. The lowest BCUT2D eigenvalue weighted by molar-refractivity contribution is 0.768. The van der Waals surface area contributed by atoms with E-state index in [4.69, 9.17) is 0 Å². The summed E-state index contributed by atoms with van der Waals surface area (Å²) in [5.41, 5.74) is 5.65. The van der Waals surface area contributed by atoms with E-state index in [1.807, 2.05) is 25.8 Å². The van der Waals surface area contributed by atoms with E-state index < -0.39 is 0 Å². The minimum Gasteiger partial charge on any atom is -0.361 e. The maximum Gasteiger partial charge on any atom is 0.0999 e. The van der Waals surface area contributed by atoms with Gasteiger partial charge in [0.15, 0.2) is 0 Å². The number of hydrogen-bond acceptors (Lipinski definition) is 2. The van der Waals surface area contributed by atoms with E-state index >= 15 is 0 Å². The summed E-state index contributed by atoms with van der Waals surface area (Å²) in [6.07, 6.45) is 12.1. The Hall–Kier alpha value is -2.82. The number of rotatable bonds is 4. The molecule has 0 amide bonds. The normalized spacial score (nSPS) is 11.4. The fraction of sp³-hybridized carbons (Fsp3) is 0.222. The Morgan fingerprint density at radius 3 is 2.91 bits per heavy atom. The van der Waals surface area contributed by atoms with Crippen LogP contribution in [0.3, 0.4) is 0 Å². The smallest absolute Gasteiger partial charge is 0.0999 e. The van der Waals surface area contributed by atoms with Crippen LogP contribution in [0.5, 0.6) is 0 Å². The Kier molecular flexibility index (Phi) is 3.26. The molecule has 0 radical (unpaired) electrons. The van der Waals surface area contributed by atoms with E-state index in [9.17, 15) is 0 Å². The van der Waals surface area contributed by atoms with Crippen molar-refractivity contribution in [1.82, 2.24) is 24.3 Å². The van der Waals surface area contributed by atoms with Crippen LogP contribution in [-0.2, 0) is 13.5 Å². The first-order valence-corrected chi connectivity index (χ1v) is 7.88. The molecule has 1 aromatic carbocycles. The number of nitrogens with zero attached hydrogens (tertiary/aromatic N) is 4. The van der Waals surface area contributed by atoms with Crippen LogP contribution in [0.4, 0.5) is 0 Å². The molecule has 3 aromatic heterocycles. The third-order valence-corrected chi connectivity index (χ3v) is 4.15. The van der Waals surface area contributed by atoms with Crippen molar-refractivity contribution in [1.29, 1.82) is 0 Å². The minimum atomic E-state index is 0.933. The van der Waals surface area contributed by atoms with Crippen molar-refractivity contribution in [2.45, 2.75) is 19.8 Å². The standard InChI is InChI=1S/C18H19N5/c1-3-5-13-8-19-15-6-4-7-17(18(13)15)23-11-16(20-12-23)14-9-21-22(2)10-14/h4,6-12,19H,3,5H2,1-2H3. The van der Waals surface area contributed by atoms with Crippen molar-refractivity contribution in [3.05, 3.63) is 54.9 Å². The van der Waals surface area contributed by atoms with Gasteiger partial charge in [-0.05, 0) is 24.1 Å². The van der Waals surface area contributed by atoms with E-state index in [2.05, 4.69) is 57.2 Å². The summed E-state index contributed by atoms with van der Waals surface area (Å²) in [4.78, 5) is 7.92. The van der Waals surface area contributed by atoms with Gasteiger partial charge in [0.05, 0.1) is 23.9 Å². The molecule has 116 valence electrons. The molecule has 0 saturated heterocycles. The van der Waals surface area contributed by atoms with Crippen LogP contribution in [0.15, 0.2) is 49.3 Å². The lowest BCUT2D eigenvalue weighted by Gasteiger charge is -2.06. The monoisotopic (exact) mass is 305 g/mol. The van der Waals surface area contributed by atoms with E-state index in [1.54, 1.807) is 4.68 Å². The van der Waals surface area contributed by atoms with Crippen LogP contribution in [0.1, 0.15) is 18.9 Å². The van der Waals surface area contributed by atoms with Gasteiger partial charge in [0.25, 0.3) is 0 Å². The third-order valence-electron chi connectivity index (χ3n) is 4.15. The lowest BCUT2D eigenvalue weighted by Crippen LogP contribution is -1.92. The molecule has 4 rings (SSSR count). The van der Waals surface area contributed by atoms with Crippen LogP contribution in [0.2, 0.25) is 0 Å². The molecule has 0 aliphatic carbocycles. The van der Waals surface area contributed by atoms with Crippen LogP contribution in [-0.4, -0.2) is 24.3 Å². The highest BCUT2D eigenvalue weighted by molar-refractivity contribution is 5.91. The molecule has 5 nitrogen and oxygen atoms in total. The molecule has 4 aromatic rings. The maximum atomic E-state index is 4.54. The van der Waals surface area contributed by atoms with Gasteiger partial charge in [-0.15, -0.1) is 0 Å². The second kappa shape index (κ2) is 5.43. The van der Waals surface area contributed by atoms with Crippen molar-refractivity contribution in [3.63, 3.8) is 0 Å². The predicted molar refractivity (Wildman–Crippen MR) is 91.6 cm³/mol. The zero-order valence-electron chi connectivity index (χ0n) is 13.3. The van der Waals surface area contributed by atoms with Crippen LogP contribution in [0, 0.1) is 0 Å². The Morgan fingerprint density at radius 2 is 2.13 bits per heavy atom. The zero-order chi connectivity index (χ0) is 15.8. The van der Waals surface area contributed by atoms with Crippen molar-refractivity contribution < 1.29 is 0 Å². The first kappa shape index (κ1) is 13.8. The quantitative estimate of drug-likeness (QED) is 0.625. The second-order valence-corrected chi connectivity index (χ2v) is 5.83. The highest BCUT2D eigenvalue weighted by atomic mass is 15.2. The number of nitrogens with one attached hydrogen (secondary N) is 1. The van der Waals surface area contributed by atoms with Crippen molar-refractivity contribution in [2.75, 3.05) is 0 Å². The van der Waals surface area contributed by atoms with Crippen LogP contribution < -0.4 is 0 Å². The van der Waals surface area contributed by atoms with E-state index in [0.29, 0.717) is 0 Å². The van der Waals surface area contributed by atoms with E-state index in [1.165, 1.54) is 16.5 Å². The number of hydrogen-bond donors (Lipinski definition) is 1. The molecule has 0 saturated carbocycles. The summed E-state index contributed by atoms with van der Waals surface area (Å²) in [5.74, 6) is 0. The van der Waals surface area contributed by atoms with Gasteiger partial charge in [0.2, 0.25) is 0 Å². The Bertz CT molecular complexity index is 957. The van der Waals surface area contributed by atoms with Crippen molar-refractivity contribution in [3.8, 4) is 16.9 Å². The first-order chi connectivity index (χ1) is 11.3. The average molecular weight is 305 g/mol. The van der Waals surface area contributed by atoms with Gasteiger partial charge in [0, 0.05) is 42.1 Å². The predicted octanol–water partition coefficient (Wildman–Crippen LogP) is 3.71. The number of fused-ring (bicyclic) bond motifs is 1. The highest BCUT2D eigenvalue weighted by Gasteiger charge is 2.11. The maximum absolute atomic E-state index is 4.54. The molecule has 0 aliphatic heterocycles. The molecular formula is C18H19N5. The van der Waals surface area contributed by atoms with Crippen molar-refractivity contribution in [2.24, 2.45) is 7.05 Å². The third kappa shape index (κ3) is 2.34. The van der Waals surface area contributed by atoms with Gasteiger partial charge in [-0.2, -0.15) is 5.10 Å². The number of aryl methyl sites for hydroxylation is 2. The van der Waals surface area contributed by atoms with Gasteiger partial charge in [-0.25, -0.2) is 4.98 Å². The highest BCUT2D eigenvalue weighted by Crippen LogP contribution is 2.28. The van der Waals surface area contributed by atoms with Gasteiger partial charge >= 0.3 is 0 Å². The molecule has 1 N–H and O–H groups in total. The number of aromatic nitrogens is 5. The van der Waals surface area contributed by atoms with Gasteiger partial charge < -0.3 is 9.55 Å². The van der Waals surface area contributed by atoms with E-state index in [0.717, 1.165) is 29.8 Å². The summed E-state index contributed by atoms with van der Waals surface area (Å²) < 4.78 is 3.89. The molecule has 0 spiro atoms. The molecule has 0 atom stereocenters. The topological polar surface area (TPSA) is 51.4 Å². The fourth-order valence-electron chi connectivity index (χ4n) is 3.07. The first-order valence-electron chi connectivity index (χ1n) is 7.88. The number of H-pyrrole nitrogens is 1. The Balaban J connectivity index is 1.83. The Morgan fingerprint density at radius 1 is 1.22 bits per heavy atom. The van der Waals surface area contributed by atoms with Gasteiger partial charge in [-0.1, -0.05) is 19.4 Å². The summed E-state index contributed by atoms with van der Waals surface area (Å²) >= 11 is 0.